The second-order valence-electron chi connectivity index (χ2n) is 7.51. The van der Waals surface area contributed by atoms with Gasteiger partial charge in [0.25, 0.3) is 0 Å². The predicted octanol–water partition coefficient (Wildman–Crippen LogP) is 3.58. The lowest BCUT2D eigenvalue weighted by molar-refractivity contribution is -0.0623. The molecule has 1 saturated carbocycles. The molecule has 1 heterocycles. The molecule has 1 saturated heterocycles. The SMILES string of the molecule is CC(C)N(C)CCCCNCC1CCC2(CCCCC2)O1. The summed E-state index contributed by atoms with van der Waals surface area (Å²) in [7, 11) is 2.22. The molecule has 3 nitrogen and oxygen atoms in total. The largest absolute Gasteiger partial charge is 0.370 e. The summed E-state index contributed by atoms with van der Waals surface area (Å²) in [6, 6.07) is 0.663. The fourth-order valence-electron chi connectivity index (χ4n) is 3.74. The number of rotatable bonds is 8. The van der Waals surface area contributed by atoms with Crippen molar-refractivity contribution in [3.63, 3.8) is 0 Å². The predicted molar refractivity (Wildman–Crippen MR) is 89.8 cm³/mol. The molecule has 0 bridgehead atoms. The Balaban J connectivity index is 1.50. The number of hydrogen-bond acceptors (Lipinski definition) is 3. The van der Waals surface area contributed by atoms with Gasteiger partial charge >= 0.3 is 0 Å². The Labute approximate surface area is 131 Å². The molecule has 1 aliphatic heterocycles. The molecule has 21 heavy (non-hydrogen) atoms. The highest BCUT2D eigenvalue weighted by Crippen LogP contribution is 2.41. The first-order valence-electron chi connectivity index (χ1n) is 9.20. The van der Waals surface area contributed by atoms with Crippen LogP contribution in [-0.2, 0) is 4.74 Å². The minimum absolute atomic E-state index is 0.282. The van der Waals surface area contributed by atoms with Crippen molar-refractivity contribution in [3.05, 3.63) is 0 Å². The van der Waals surface area contributed by atoms with Gasteiger partial charge in [-0.15, -0.1) is 0 Å². The lowest BCUT2D eigenvalue weighted by Crippen LogP contribution is -2.35. The third-order valence-corrected chi connectivity index (χ3v) is 5.47. The second kappa shape index (κ2) is 8.50. The highest BCUT2D eigenvalue weighted by molar-refractivity contribution is 4.91. The normalized spacial score (nSPS) is 25.3. The fraction of sp³-hybridized carbons (Fsp3) is 1.00. The molecule has 2 fully saturated rings. The van der Waals surface area contributed by atoms with Crippen LogP contribution < -0.4 is 5.32 Å². The van der Waals surface area contributed by atoms with E-state index < -0.39 is 0 Å². The molecular formula is C18H36N2O. The maximum atomic E-state index is 6.40. The molecule has 1 unspecified atom stereocenters. The third-order valence-electron chi connectivity index (χ3n) is 5.47. The van der Waals surface area contributed by atoms with Crippen LogP contribution in [0.25, 0.3) is 0 Å². The number of nitrogens with zero attached hydrogens (tertiary/aromatic N) is 1. The summed E-state index contributed by atoms with van der Waals surface area (Å²) in [6.45, 7) is 7.93. The van der Waals surface area contributed by atoms with Crippen molar-refractivity contribution in [3.8, 4) is 0 Å². The molecule has 0 aromatic rings. The molecule has 0 radical (unpaired) electrons. The van der Waals surface area contributed by atoms with E-state index in [-0.39, 0.29) is 5.60 Å². The second-order valence-corrected chi connectivity index (χ2v) is 7.51. The molecular weight excluding hydrogens is 260 g/mol. The molecule has 2 aliphatic rings. The standard InChI is InChI=1S/C18H36N2O/c1-16(2)20(3)14-8-7-13-19-15-17-9-12-18(21-17)10-5-4-6-11-18/h16-17,19H,4-15H2,1-3H3. The van der Waals surface area contributed by atoms with Crippen molar-refractivity contribution in [1.29, 1.82) is 0 Å². The molecule has 2 rings (SSSR count). The van der Waals surface area contributed by atoms with E-state index in [0.717, 1.165) is 13.1 Å². The minimum Gasteiger partial charge on any atom is -0.370 e. The van der Waals surface area contributed by atoms with Crippen LogP contribution in [0.2, 0.25) is 0 Å². The Kier molecular flexibility index (Phi) is 6.97. The van der Waals surface area contributed by atoms with Gasteiger partial charge in [-0.25, -0.2) is 0 Å². The molecule has 3 heteroatoms. The van der Waals surface area contributed by atoms with Gasteiger partial charge in [0, 0.05) is 12.6 Å². The average Bonchev–Trinajstić information content (AvgIpc) is 2.85. The number of nitrogens with one attached hydrogen (secondary N) is 1. The highest BCUT2D eigenvalue weighted by Gasteiger charge is 2.40. The summed E-state index contributed by atoms with van der Waals surface area (Å²) in [5, 5.41) is 3.61. The van der Waals surface area contributed by atoms with E-state index in [1.165, 1.54) is 64.3 Å². The van der Waals surface area contributed by atoms with Crippen LogP contribution in [-0.4, -0.2) is 49.3 Å². The third kappa shape index (κ3) is 5.54. The molecule has 124 valence electrons. The first-order chi connectivity index (χ1) is 10.1. The van der Waals surface area contributed by atoms with Gasteiger partial charge in [-0.2, -0.15) is 0 Å². The first kappa shape index (κ1) is 17.2. The van der Waals surface area contributed by atoms with E-state index >= 15 is 0 Å². The van der Waals surface area contributed by atoms with Gasteiger partial charge in [-0.1, -0.05) is 19.3 Å². The van der Waals surface area contributed by atoms with E-state index in [2.05, 4.69) is 31.1 Å². The van der Waals surface area contributed by atoms with E-state index in [4.69, 9.17) is 4.74 Å². The van der Waals surface area contributed by atoms with Crippen molar-refractivity contribution in [2.24, 2.45) is 0 Å². The van der Waals surface area contributed by atoms with Gasteiger partial charge < -0.3 is 15.0 Å². The van der Waals surface area contributed by atoms with Crippen LogP contribution in [0.5, 0.6) is 0 Å². The van der Waals surface area contributed by atoms with Crippen molar-refractivity contribution in [1.82, 2.24) is 10.2 Å². The summed E-state index contributed by atoms with van der Waals surface area (Å²) in [6.07, 6.45) is 12.4. The van der Waals surface area contributed by atoms with Crippen molar-refractivity contribution in [2.75, 3.05) is 26.7 Å². The smallest absolute Gasteiger partial charge is 0.0708 e. The van der Waals surface area contributed by atoms with Crippen LogP contribution in [0.4, 0.5) is 0 Å². The zero-order valence-corrected chi connectivity index (χ0v) is 14.5. The topological polar surface area (TPSA) is 24.5 Å². The summed E-state index contributed by atoms with van der Waals surface area (Å²) >= 11 is 0. The van der Waals surface area contributed by atoms with Crippen molar-refractivity contribution >= 4 is 0 Å². The monoisotopic (exact) mass is 296 g/mol. The molecule has 1 atom stereocenters. The lowest BCUT2D eigenvalue weighted by Gasteiger charge is -2.33. The Morgan fingerprint density at radius 3 is 2.62 bits per heavy atom. The van der Waals surface area contributed by atoms with Gasteiger partial charge in [-0.3, -0.25) is 0 Å². The maximum Gasteiger partial charge on any atom is 0.0708 e. The van der Waals surface area contributed by atoms with Crippen molar-refractivity contribution in [2.45, 2.75) is 89.4 Å². The Morgan fingerprint density at radius 2 is 1.90 bits per heavy atom. The quantitative estimate of drug-likeness (QED) is 0.693. The van der Waals surface area contributed by atoms with Gasteiger partial charge in [0.05, 0.1) is 11.7 Å². The van der Waals surface area contributed by atoms with E-state index in [9.17, 15) is 0 Å². The fourth-order valence-corrected chi connectivity index (χ4v) is 3.74. The molecule has 0 aromatic carbocycles. The van der Waals surface area contributed by atoms with Crippen LogP contribution in [0.3, 0.4) is 0 Å². The number of hydrogen-bond donors (Lipinski definition) is 1. The van der Waals surface area contributed by atoms with Crippen LogP contribution in [0.1, 0.15) is 71.6 Å². The van der Waals surface area contributed by atoms with Crippen LogP contribution >= 0.6 is 0 Å². The van der Waals surface area contributed by atoms with Gasteiger partial charge in [0.1, 0.15) is 0 Å². The summed E-state index contributed by atoms with van der Waals surface area (Å²) < 4.78 is 6.40. The zero-order chi connectivity index (χ0) is 15.1. The van der Waals surface area contributed by atoms with Crippen LogP contribution in [0.15, 0.2) is 0 Å². The average molecular weight is 296 g/mol. The zero-order valence-electron chi connectivity index (χ0n) is 14.5. The minimum atomic E-state index is 0.282. The lowest BCUT2D eigenvalue weighted by atomic mass is 9.83. The van der Waals surface area contributed by atoms with Gasteiger partial charge in [0.15, 0.2) is 0 Å². The number of ether oxygens (including phenoxy) is 1. The molecule has 1 aliphatic carbocycles. The molecule has 0 aromatic heterocycles. The van der Waals surface area contributed by atoms with E-state index in [1.807, 2.05) is 0 Å². The Hall–Kier alpha value is -0.120. The summed E-state index contributed by atoms with van der Waals surface area (Å²) in [5.74, 6) is 0. The highest BCUT2D eigenvalue weighted by atomic mass is 16.5. The Morgan fingerprint density at radius 1 is 1.14 bits per heavy atom. The van der Waals surface area contributed by atoms with Crippen LogP contribution in [0, 0.1) is 0 Å². The van der Waals surface area contributed by atoms with E-state index in [0.29, 0.717) is 12.1 Å². The number of unbranched alkanes of at least 4 members (excludes halogenated alkanes) is 1. The van der Waals surface area contributed by atoms with Gasteiger partial charge in [0.2, 0.25) is 0 Å². The summed E-state index contributed by atoms with van der Waals surface area (Å²) in [4.78, 5) is 2.42. The summed E-state index contributed by atoms with van der Waals surface area (Å²) in [5.41, 5.74) is 0.282. The maximum absolute atomic E-state index is 6.40. The molecule has 0 amide bonds. The van der Waals surface area contributed by atoms with Crippen molar-refractivity contribution < 1.29 is 4.74 Å². The Bertz CT molecular complexity index is 287. The van der Waals surface area contributed by atoms with E-state index in [1.54, 1.807) is 0 Å². The van der Waals surface area contributed by atoms with Gasteiger partial charge in [-0.05, 0) is 72.5 Å². The molecule has 1 spiro atoms. The molecule has 1 N–H and O–H groups in total. The first-order valence-corrected chi connectivity index (χ1v) is 9.20.